The molecule has 0 aromatic rings. The maximum absolute atomic E-state index is 5.41. The number of ether oxygens (including phenoxy) is 2. The number of rotatable bonds is 11. The molecule has 0 aliphatic heterocycles. The van der Waals surface area contributed by atoms with Crippen LogP contribution in [0.25, 0.3) is 0 Å². The molecule has 0 rings (SSSR count). The largest absolute Gasteiger partial charge is 0.500 e. The SMILES string of the molecule is COC(C)N(CCC[Si](OC)(OC)OC)C(C)OC. The van der Waals surface area contributed by atoms with Crippen molar-refractivity contribution in [1.82, 2.24) is 4.90 Å². The van der Waals surface area contributed by atoms with Gasteiger partial charge in [0.2, 0.25) is 0 Å². The van der Waals surface area contributed by atoms with Crippen molar-refractivity contribution in [3.63, 3.8) is 0 Å². The van der Waals surface area contributed by atoms with E-state index in [1.54, 1.807) is 35.5 Å². The molecular weight excluding hydrogens is 266 g/mol. The predicted octanol–water partition coefficient (Wildman–Crippen LogP) is 1.54. The second-order valence-electron chi connectivity index (χ2n) is 4.31. The number of methoxy groups -OCH3 is 2. The van der Waals surface area contributed by atoms with Gasteiger partial charge in [0.15, 0.2) is 0 Å². The molecule has 0 N–H and O–H groups in total. The van der Waals surface area contributed by atoms with Gasteiger partial charge in [0.05, 0.1) is 0 Å². The van der Waals surface area contributed by atoms with E-state index in [0.717, 1.165) is 19.0 Å². The zero-order valence-electron chi connectivity index (χ0n) is 13.3. The minimum absolute atomic E-state index is 0.00125. The van der Waals surface area contributed by atoms with Crippen LogP contribution in [-0.4, -0.2) is 68.3 Å². The monoisotopic (exact) mass is 295 g/mol. The number of hydrogen-bond donors (Lipinski definition) is 0. The topological polar surface area (TPSA) is 49.4 Å². The lowest BCUT2D eigenvalue weighted by Crippen LogP contribution is -2.46. The van der Waals surface area contributed by atoms with E-state index in [4.69, 9.17) is 22.8 Å². The Morgan fingerprint density at radius 2 is 1.26 bits per heavy atom. The molecule has 0 aliphatic rings. The molecule has 0 heterocycles. The van der Waals surface area contributed by atoms with Crippen molar-refractivity contribution in [2.75, 3.05) is 42.1 Å². The van der Waals surface area contributed by atoms with E-state index >= 15 is 0 Å². The van der Waals surface area contributed by atoms with Gasteiger partial charge < -0.3 is 22.8 Å². The highest BCUT2D eigenvalue weighted by Gasteiger charge is 2.37. The third-order valence-electron chi connectivity index (χ3n) is 3.45. The standard InChI is InChI=1S/C12H29NO5Si/c1-11(14-3)13(12(2)15-4)9-8-10-19(16-5,17-6)18-7/h11-12H,8-10H2,1-7H3. The van der Waals surface area contributed by atoms with Gasteiger partial charge in [-0.1, -0.05) is 0 Å². The zero-order valence-corrected chi connectivity index (χ0v) is 14.3. The van der Waals surface area contributed by atoms with Crippen molar-refractivity contribution in [2.45, 2.75) is 38.8 Å². The molecule has 0 aliphatic carbocycles. The number of hydrogen-bond acceptors (Lipinski definition) is 6. The summed E-state index contributed by atoms with van der Waals surface area (Å²) < 4.78 is 26.9. The molecule has 2 unspecified atom stereocenters. The molecule has 7 heteroatoms. The van der Waals surface area contributed by atoms with E-state index in [1.807, 2.05) is 13.8 Å². The van der Waals surface area contributed by atoms with Gasteiger partial charge in [-0.25, -0.2) is 0 Å². The van der Waals surface area contributed by atoms with Gasteiger partial charge in [-0.05, 0) is 20.3 Å². The van der Waals surface area contributed by atoms with Crippen molar-refractivity contribution < 1.29 is 22.8 Å². The minimum atomic E-state index is -2.48. The Bertz CT molecular complexity index is 210. The molecular formula is C12H29NO5Si. The van der Waals surface area contributed by atoms with Crippen molar-refractivity contribution in [3.05, 3.63) is 0 Å². The summed E-state index contributed by atoms with van der Waals surface area (Å²) in [6.45, 7) is 4.83. The Balaban J connectivity index is 4.39. The molecule has 19 heavy (non-hydrogen) atoms. The fourth-order valence-electron chi connectivity index (χ4n) is 1.96. The fraction of sp³-hybridized carbons (Fsp3) is 1.00. The van der Waals surface area contributed by atoms with E-state index in [0.29, 0.717) is 0 Å². The molecule has 0 aromatic carbocycles. The van der Waals surface area contributed by atoms with Crippen molar-refractivity contribution >= 4 is 8.80 Å². The van der Waals surface area contributed by atoms with Crippen LogP contribution in [0.4, 0.5) is 0 Å². The third-order valence-corrected chi connectivity index (χ3v) is 6.28. The van der Waals surface area contributed by atoms with Gasteiger partial charge in [-0.2, -0.15) is 0 Å². The average Bonchev–Trinajstić information content (AvgIpc) is 2.47. The van der Waals surface area contributed by atoms with Gasteiger partial charge in [-0.3, -0.25) is 4.90 Å². The van der Waals surface area contributed by atoms with Gasteiger partial charge in [0.1, 0.15) is 12.5 Å². The lowest BCUT2D eigenvalue weighted by molar-refractivity contribution is -0.116. The van der Waals surface area contributed by atoms with Gasteiger partial charge >= 0.3 is 8.80 Å². The van der Waals surface area contributed by atoms with Gasteiger partial charge in [-0.15, -0.1) is 0 Å². The minimum Gasteiger partial charge on any atom is -0.377 e. The van der Waals surface area contributed by atoms with E-state index in [9.17, 15) is 0 Å². The van der Waals surface area contributed by atoms with Gasteiger partial charge in [0, 0.05) is 48.1 Å². The molecule has 0 radical (unpaired) electrons. The molecule has 0 fully saturated rings. The summed E-state index contributed by atoms with van der Waals surface area (Å²) in [5, 5.41) is 0. The molecule has 0 spiro atoms. The summed E-state index contributed by atoms with van der Waals surface area (Å²) in [6, 6.07) is 0.764. The second-order valence-corrected chi connectivity index (χ2v) is 7.40. The van der Waals surface area contributed by atoms with Crippen LogP contribution in [0.1, 0.15) is 20.3 Å². The first kappa shape index (κ1) is 19.0. The highest BCUT2D eigenvalue weighted by molar-refractivity contribution is 6.60. The summed E-state index contributed by atoms with van der Waals surface area (Å²) in [4.78, 5) is 2.14. The third kappa shape index (κ3) is 5.86. The predicted molar refractivity (Wildman–Crippen MR) is 75.9 cm³/mol. The quantitative estimate of drug-likeness (QED) is 0.426. The summed E-state index contributed by atoms with van der Waals surface area (Å²) >= 11 is 0. The maximum Gasteiger partial charge on any atom is 0.500 e. The molecule has 0 amide bonds. The molecule has 0 aromatic heterocycles. The first-order chi connectivity index (χ1) is 9.00. The van der Waals surface area contributed by atoms with Crippen molar-refractivity contribution in [1.29, 1.82) is 0 Å². The first-order valence-electron chi connectivity index (χ1n) is 6.47. The first-order valence-corrected chi connectivity index (χ1v) is 8.40. The summed E-state index contributed by atoms with van der Waals surface area (Å²) in [5.74, 6) is 0. The average molecular weight is 295 g/mol. The Morgan fingerprint density at radius 3 is 1.58 bits per heavy atom. The zero-order chi connectivity index (χ0) is 14.9. The number of nitrogens with zero attached hydrogens (tertiary/aromatic N) is 1. The summed E-state index contributed by atoms with van der Waals surface area (Å²) in [6.07, 6.45) is 0.890. The van der Waals surface area contributed by atoms with Crippen molar-refractivity contribution in [2.24, 2.45) is 0 Å². The lowest BCUT2D eigenvalue weighted by Gasteiger charge is -2.33. The van der Waals surface area contributed by atoms with E-state index in [2.05, 4.69) is 4.90 Å². The summed E-state index contributed by atoms with van der Waals surface area (Å²) in [7, 11) is 5.80. The van der Waals surface area contributed by atoms with Crippen molar-refractivity contribution in [3.8, 4) is 0 Å². The molecule has 0 saturated carbocycles. The van der Waals surface area contributed by atoms with Crippen LogP contribution in [0.5, 0.6) is 0 Å². The Morgan fingerprint density at radius 1 is 0.842 bits per heavy atom. The smallest absolute Gasteiger partial charge is 0.377 e. The van der Waals surface area contributed by atoms with E-state index in [1.165, 1.54) is 0 Å². The summed E-state index contributed by atoms with van der Waals surface area (Å²) in [5.41, 5.74) is 0. The normalized spacial score (nSPS) is 15.8. The van der Waals surface area contributed by atoms with Crippen LogP contribution < -0.4 is 0 Å². The maximum atomic E-state index is 5.41. The van der Waals surface area contributed by atoms with Gasteiger partial charge in [0.25, 0.3) is 0 Å². The van der Waals surface area contributed by atoms with Crippen LogP contribution >= 0.6 is 0 Å². The molecule has 6 nitrogen and oxygen atoms in total. The molecule has 2 atom stereocenters. The lowest BCUT2D eigenvalue weighted by atomic mass is 10.3. The van der Waals surface area contributed by atoms with Crippen LogP contribution in [0.2, 0.25) is 6.04 Å². The molecule has 0 bridgehead atoms. The Hall–Kier alpha value is -0.0231. The van der Waals surface area contributed by atoms with Crippen LogP contribution in [0.3, 0.4) is 0 Å². The second kappa shape index (κ2) is 9.81. The Kier molecular flexibility index (Phi) is 9.80. The van der Waals surface area contributed by atoms with Crippen LogP contribution in [-0.2, 0) is 22.8 Å². The Labute approximate surface area is 118 Å². The highest BCUT2D eigenvalue weighted by Crippen LogP contribution is 2.17. The van der Waals surface area contributed by atoms with Crippen LogP contribution in [0, 0.1) is 0 Å². The van der Waals surface area contributed by atoms with Crippen LogP contribution in [0.15, 0.2) is 0 Å². The van der Waals surface area contributed by atoms with E-state index < -0.39 is 8.80 Å². The molecule has 0 saturated heterocycles. The highest BCUT2D eigenvalue weighted by atomic mass is 28.4. The van der Waals surface area contributed by atoms with E-state index in [-0.39, 0.29) is 12.5 Å². The fourth-order valence-corrected chi connectivity index (χ4v) is 3.67. The molecule has 116 valence electrons.